The molecule has 1 atom stereocenters. The number of hydrogen-bond acceptors (Lipinski definition) is 6. The van der Waals surface area contributed by atoms with Crippen LogP contribution in [-0.4, -0.2) is 20.0 Å². The first-order valence-corrected chi connectivity index (χ1v) is 8.08. The molecule has 0 spiro atoms. The highest BCUT2D eigenvalue weighted by Crippen LogP contribution is 2.47. The van der Waals surface area contributed by atoms with Gasteiger partial charge in [-0.1, -0.05) is 6.07 Å². The Hall–Kier alpha value is -2.94. The molecule has 6 heteroatoms. The van der Waals surface area contributed by atoms with Crippen molar-refractivity contribution in [3.63, 3.8) is 0 Å². The largest absolute Gasteiger partial charge is 0.496 e. The molecular formula is C19H20N2O4. The molecule has 3 rings (SSSR count). The summed E-state index contributed by atoms with van der Waals surface area (Å²) in [6, 6.07) is 5.74. The Labute approximate surface area is 146 Å². The van der Waals surface area contributed by atoms with Gasteiger partial charge in [0.15, 0.2) is 5.78 Å². The second-order valence-electron chi connectivity index (χ2n) is 6.05. The zero-order valence-electron chi connectivity index (χ0n) is 14.5. The van der Waals surface area contributed by atoms with Gasteiger partial charge in [-0.15, -0.1) is 0 Å². The van der Waals surface area contributed by atoms with Crippen molar-refractivity contribution in [2.75, 3.05) is 14.2 Å². The van der Waals surface area contributed by atoms with Crippen LogP contribution in [0.1, 0.15) is 36.3 Å². The monoisotopic (exact) mass is 340 g/mol. The minimum absolute atomic E-state index is 0.0120. The van der Waals surface area contributed by atoms with Crippen molar-refractivity contribution in [1.29, 1.82) is 5.26 Å². The quantitative estimate of drug-likeness (QED) is 0.909. The van der Waals surface area contributed by atoms with E-state index >= 15 is 0 Å². The van der Waals surface area contributed by atoms with E-state index < -0.39 is 5.92 Å². The molecule has 0 radical (unpaired) electrons. The molecule has 1 aliphatic heterocycles. The lowest BCUT2D eigenvalue weighted by Gasteiger charge is -2.32. The van der Waals surface area contributed by atoms with Gasteiger partial charge in [-0.2, -0.15) is 5.26 Å². The Bertz CT molecular complexity index is 846. The number of ketones is 1. The molecule has 1 aliphatic carbocycles. The fourth-order valence-corrected chi connectivity index (χ4v) is 3.58. The van der Waals surface area contributed by atoms with Crippen LogP contribution >= 0.6 is 0 Å². The van der Waals surface area contributed by atoms with Crippen molar-refractivity contribution in [2.24, 2.45) is 5.73 Å². The number of carbonyl (C=O) groups excluding carboxylic acids is 1. The minimum atomic E-state index is -0.582. The van der Waals surface area contributed by atoms with Gasteiger partial charge in [0.1, 0.15) is 28.9 Å². The predicted molar refractivity (Wildman–Crippen MR) is 90.8 cm³/mol. The maximum Gasteiger partial charge on any atom is 0.205 e. The number of nitriles is 1. The van der Waals surface area contributed by atoms with Crippen LogP contribution in [0.25, 0.3) is 0 Å². The molecule has 0 saturated heterocycles. The maximum absolute atomic E-state index is 12.6. The number of methoxy groups -OCH3 is 2. The van der Waals surface area contributed by atoms with Crippen molar-refractivity contribution < 1.29 is 19.0 Å². The number of carbonyl (C=O) groups is 1. The number of Topliss-reactive ketones (excluding diaryl/α,β-unsaturated/α-hetero) is 1. The molecule has 2 N–H and O–H groups in total. The molecular weight excluding hydrogens is 320 g/mol. The van der Waals surface area contributed by atoms with Crippen LogP contribution in [0.3, 0.4) is 0 Å². The highest BCUT2D eigenvalue weighted by Gasteiger charge is 2.39. The van der Waals surface area contributed by atoms with Crippen molar-refractivity contribution >= 4 is 5.78 Å². The van der Waals surface area contributed by atoms with Crippen LogP contribution in [0.4, 0.5) is 0 Å². The highest BCUT2D eigenvalue weighted by atomic mass is 16.5. The lowest BCUT2D eigenvalue weighted by Crippen LogP contribution is -2.27. The average Bonchev–Trinajstić information content (AvgIpc) is 2.60. The highest BCUT2D eigenvalue weighted by molar-refractivity contribution is 5.99. The van der Waals surface area contributed by atoms with Gasteiger partial charge in [0, 0.05) is 29.5 Å². The number of hydrogen-bond donors (Lipinski definition) is 1. The molecule has 0 bridgehead atoms. The van der Waals surface area contributed by atoms with E-state index in [4.69, 9.17) is 19.9 Å². The van der Waals surface area contributed by atoms with Gasteiger partial charge >= 0.3 is 0 Å². The van der Waals surface area contributed by atoms with Crippen LogP contribution in [0.5, 0.6) is 11.5 Å². The van der Waals surface area contributed by atoms with Crippen molar-refractivity contribution in [3.8, 4) is 17.6 Å². The zero-order valence-corrected chi connectivity index (χ0v) is 14.5. The molecule has 1 aromatic carbocycles. The third kappa shape index (κ3) is 2.62. The minimum Gasteiger partial charge on any atom is -0.496 e. The second kappa shape index (κ2) is 6.52. The summed E-state index contributed by atoms with van der Waals surface area (Å²) in [7, 11) is 3.14. The smallest absolute Gasteiger partial charge is 0.205 e. The number of allylic oxidation sites excluding steroid dienone is 3. The molecule has 6 nitrogen and oxygen atoms in total. The topological polar surface area (TPSA) is 94.6 Å². The molecule has 0 amide bonds. The lowest BCUT2D eigenvalue weighted by molar-refractivity contribution is -0.116. The van der Waals surface area contributed by atoms with E-state index in [-0.39, 0.29) is 17.2 Å². The molecule has 1 aromatic rings. The fraction of sp³-hybridized carbons (Fsp3) is 0.368. The van der Waals surface area contributed by atoms with Crippen LogP contribution in [0, 0.1) is 18.3 Å². The lowest BCUT2D eigenvalue weighted by atomic mass is 9.77. The summed E-state index contributed by atoms with van der Waals surface area (Å²) < 4.78 is 16.5. The van der Waals surface area contributed by atoms with E-state index in [0.717, 1.165) is 12.0 Å². The Kier molecular flexibility index (Phi) is 4.41. The van der Waals surface area contributed by atoms with Gasteiger partial charge in [0.2, 0.25) is 5.88 Å². The zero-order chi connectivity index (χ0) is 18.1. The normalized spacial score (nSPS) is 19.9. The van der Waals surface area contributed by atoms with Gasteiger partial charge in [0.05, 0.1) is 20.1 Å². The summed E-state index contributed by atoms with van der Waals surface area (Å²) in [4.78, 5) is 12.6. The standard InChI is InChI=1S/C19H20N2O4/c1-10-14(23-2)8-7-11(18(10)24-3)16-12(9-20)19(21)25-15-6-4-5-13(22)17(15)16/h7-8,16H,4-6,21H2,1-3H3. The summed E-state index contributed by atoms with van der Waals surface area (Å²) in [6.07, 6.45) is 1.79. The van der Waals surface area contributed by atoms with Crippen LogP contribution in [0.15, 0.2) is 34.9 Å². The Balaban J connectivity index is 2.27. The van der Waals surface area contributed by atoms with E-state index in [0.29, 0.717) is 41.2 Å². The molecule has 0 saturated carbocycles. The van der Waals surface area contributed by atoms with E-state index in [1.54, 1.807) is 20.3 Å². The van der Waals surface area contributed by atoms with Crippen molar-refractivity contribution in [3.05, 3.63) is 46.0 Å². The average molecular weight is 340 g/mol. The van der Waals surface area contributed by atoms with Gasteiger partial charge in [-0.05, 0) is 19.4 Å². The molecule has 2 aliphatic rings. The SMILES string of the molecule is COc1ccc(C2C(C#N)=C(N)OC3=C2C(=O)CCC3)c(OC)c1C. The van der Waals surface area contributed by atoms with E-state index in [9.17, 15) is 10.1 Å². The number of benzene rings is 1. The van der Waals surface area contributed by atoms with Crippen molar-refractivity contribution in [1.82, 2.24) is 0 Å². The number of rotatable bonds is 3. The number of nitrogens with zero attached hydrogens (tertiary/aromatic N) is 1. The van der Waals surface area contributed by atoms with Crippen LogP contribution in [-0.2, 0) is 9.53 Å². The Morgan fingerprint density at radius 3 is 2.68 bits per heavy atom. The Morgan fingerprint density at radius 2 is 2.04 bits per heavy atom. The molecule has 0 fully saturated rings. The summed E-state index contributed by atoms with van der Waals surface area (Å²) >= 11 is 0. The summed E-state index contributed by atoms with van der Waals surface area (Å²) in [5, 5.41) is 9.64. The maximum atomic E-state index is 12.6. The molecule has 0 aromatic heterocycles. The Morgan fingerprint density at radius 1 is 1.28 bits per heavy atom. The van der Waals surface area contributed by atoms with Crippen molar-refractivity contribution in [2.45, 2.75) is 32.1 Å². The molecule has 1 heterocycles. The van der Waals surface area contributed by atoms with Gasteiger partial charge in [-0.25, -0.2) is 0 Å². The van der Waals surface area contributed by atoms with Crippen LogP contribution in [0.2, 0.25) is 0 Å². The second-order valence-corrected chi connectivity index (χ2v) is 6.05. The summed E-state index contributed by atoms with van der Waals surface area (Å²) in [5.41, 5.74) is 8.24. The molecule has 25 heavy (non-hydrogen) atoms. The van der Waals surface area contributed by atoms with E-state index in [2.05, 4.69) is 6.07 Å². The first-order valence-electron chi connectivity index (χ1n) is 8.08. The first-order chi connectivity index (χ1) is 12.0. The van der Waals surface area contributed by atoms with Crippen LogP contribution < -0.4 is 15.2 Å². The van der Waals surface area contributed by atoms with E-state index in [1.807, 2.05) is 13.0 Å². The molecule has 130 valence electrons. The van der Waals surface area contributed by atoms with E-state index in [1.165, 1.54) is 0 Å². The molecule has 1 unspecified atom stereocenters. The van der Waals surface area contributed by atoms with Gasteiger partial charge < -0.3 is 19.9 Å². The fourth-order valence-electron chi connectivity index (χ4n) is 3.58. The third-order valence-corrected chi connectivity index (χ3v) is 4.73. The number of nitrogens with two attached hydrogens (primary N) is 1. The first kappa shape index (κ1) is 16.9. The predicted octanol–water partition coefficient (Wildman–Crippen LogP) is 2.83. The third-order valence-electron chi connectivity index (χ3n) is 4.73. The number of ether oxygens (including phenoxy) is 3. The van der Waals surface area contributed by atoms with Gasteiger partial charge in [-0.3, -0.25) is 4.79 Å². The summed E-state index contributed by atoms with van der Waals surface area (Å²) in [5.74, 6) is 1.28. The van der Waals surface area contributed by atoms with Gasteiger partial charge in [0.25, 0.3) is 0 Å². The summed E-state index contributed by atoms with van der Waals surface area (Å²) in [6.45, 7) is 1.87.